The van der Waals surface area contributed by atoms with E-state index in [0.717, 1.165) is 17.0 Å². The summed E-state index contributed by atoms with van der Waals surface area (Å²) in [5, 5.41) is -0.246. The van der Waals surface area contributed by atoms with E-state index in [-0.39, 0.29) is 39.9 Å². The lowest BCUT2D eigenvalue weighted by Crippen LogP contribution is -2.28. The maximum absolute atomic E-state index is 13.3. The van der Waals surface area contributed by atoms with Crippen LogP contribution in [0.15, 0.2) is 41.3 Å². The van der Waals surface area contributed by atoms with Crippen molar-refractivity contribution in [2.75, 3.05) is 16.7 Å². The molecule has 0 atom stereocenters. The van der Waals surface area contributed by atoms with Gasteiger partial charge >= 0.3 is 0 Å². The monoisotopic (exact) mass is 412 g/mol. The molecule has 142 valence electrons. The summed E-state index contributed by atoms with van der Waals surface area (Å²) in [5.74, 6) is -1.50. The molecule has 2 aromatic rings. The van der Waals surface area contributed by atoms with Crippen molar-refractivity contribution in [3.05, 3.63) is 47.2 Å². The number of halogens is 2. The summed E-state index contributed by atoms with van der Waals surface area (Å²) in [4.78, 5) is 24.5. The Hall–Kier alpha value is -2.65. The van der Waals surface area contributed by atoms with Gasteiger partial charge in [0.25, 0.3) is 10.0 Å². The fourth-order valence-electron chi connectivity index (χ4n) is 2.65. The quantitative estimate of drug-likeness (QED) is 0.762. The first-order valence-corrected chi connectivity index (χ1v) is 9.61. The fraction of sp³-hybridized carbons (Fsp3) is 0.176. The average molecular weight is 413 g/mol. The molecule has 2 amide bonds. The first-order chi connectivity index (χ1) is 12.7. The van der Waals surface area contributed by atoms with E-state index < -0.39 is 27.7 Å². The Morgan fingerprint density at radius 1 is 1.11 bits per heavy atom. The van der Waals surface area contributed by atoms with Crippen LogP contribution < -0.4 is 14.4 Å². The zero-order chi connectivity index (χ0) is 19.8. The second-order valence-electron chi connectivity index (χ2n) is 5.69. The van der Waals surface area contributed by atoms with E-state index in [4.69, 9.17) is 16.3 Å². The van der Waals surface area contributed by atoms with Crippen molar-refractivity contribution in [1.29, 1.82) is 0 Å². The average Bonchev–Trinajstić information content (AvgIpc) is 2.96. The number of rotatable bonds is 5. The van der Waals surface area contributed by atoms with Crippen LogP contribution in [0.1, 0.15) is 12.8 Å². The molecule has 0 radical (unpaired) electrons. The number of nitrogens with one attached hydrogen (secondary N) is 1. The van der Waals surface area contributed by atoms with Crippen molar-refractivity contribution < 1.29 is 27.1 Å². The van der Waals surface area contributed by atoms with Crippen molar-refractivity contribution in [2.24, 2.45) is 0 Å². The number of carbonyl (C=O) groups excluding carboxylic acids is 2. The predicted molar refractivity (Wildman–Crippen MR) is 96.9 cm³/mol. The molecule has 1 saturated heterocycles. The van der Waals surface area contributed by atoms with Gasteiger partial charge in [-0.2, -0.15) is 0 Å². The van der Waals surface area contributed by atoms with Gasteiger partial charge in [-0.1, -0.05) is 11.6 Å². The van der Waals surface area contributed by atoms with Gasteiger partial charge < -0.3 is 4.74 Å². The van der Waals surface area contributed by atoms with Crippen LogP contribution in [0.4, 0.5) is 15.8 Å². The van der Waals surface area contributed by atoms with Gasteiger partial charge in [-0.05, 0) is 36.4 Å². The third-order valence-electron chi connectivity index (χ3n) is 3.92. The molecule has 10 heteroatoms. The molecule has 2 aromatic carbocycles. The summed E-state index contributed by atoms with van der Waals surface area (Å²) < 4.78 is 46.2. The largest absolute Gasteiger partial charge is 0.495 e. The third kappa shape index (κ3) is 3.74. The van der Waals surface area contributed by atoms with E-state index in [9.17, 15) is 22.4 Å². The minimum Gasteiger partial charge on any atom is -0.495 e. The molecule has 1 aliphatic heterocycles. The minimum absolute atomic E-state index is 0.0125. The Labute approximate surface area is 159 Å². The van der Waals surface area contributed by atoms with Crippen LogP contribution in [0.25, 0.3) is 0 Å². The molecular weight excluding hydrogens is 399 g/mol. The van der Waals surface area contributed by atoms with Gasteiger partial charge in [-0.25, -0.2) is 12.8 Å². The van der Waals surface area contributed by atoms with E-state index >= 15 is 0 Å². The maximum atomic E-state index is 13.3. The highest BCUT2D eigenvalue weighted by Gasteiger charge is 2.32. The Bertz CT molecular complexity index is 1030. The molecule has 1 heterocycles. The topological polar surface area (TPSA) is 92.8 Å². The van der Waals surface area contributed by atoms with Crippen LogP contribution >= 0.6 is 11.6 Å². The van der Waals surface area contributed by atoms with Gasteiger partial charge in [0.05, 0.1) is 23.5 Å². The molecule has 0 saturated carbocycles. The van der Waals surface area contributed by atoms with Gasteiger partial charge in [-0.15, -0.1) is 0 Å². The van der Waals surface area contributed by atoms with Crippen LogP contribution in [-0.2, 0) is 19.6 Å². The Balaban J connectivity index is 2.02. The summed E-state index contributed by atoms with van der Waals surface area (Å²) in [6.07, 6.45) is 0.137. The highest BCUT2D eigenvalue weighted by Crippen LogP contribution is 2.32. The lowest BCUT2D eigenvalue weighted by Gasteiger charge is -2.17. The first-order valence-electron chi connectivity index (χ1n) is 7.74. The van der Waals surface area contributed by atoms with Crippen LogP contribution in [-0.4, -0.2) is 27.3 Å². The summed E-state index contributed by atoms with van der Waals surface area (Å²) in [6.45, 7) is 0. The second-order valence-corrected chi connectivity index (χ2v) is 7.75. The summed E-state index contributed by atoms with van der Waals surface area (Å²) in [7, 11) is -2.89. The second kappa shape index (κ2) is 7.16. The summed E-state index contributed by atoms with van der Waals surface area (Å²) in [5.41, 5.74) is 0.169. The molecule has 7 nitrogen and oxygen atoms in total. The number of sulfonamides is 1. The molecule has 1 aliphatic rings. The van der Waals surface area contributed by atoms with Gasteiger partial charge in [-0.3, -0.25) is 19.2 Å². The molecule has 0 unspecified atom stereocenters. The smallest absolute Gasteiger partial charge is 0.265 e. The number of methoxy groups -OCH3 is 1. The standard InChI is InChI=1S/C17H14ClFN2O5S/c1-26-14-5-3-11(21-16(22)6-7-17(21)23)9-15(14)27(24,25)20-10-2-4-13(19)12(18)8-10/h2-5,8-9,20H,6-7H2,1H3. The first kappa shape index (κ1) is 19.1. The van der Waals surface area contributed by atoms with Gasteiger partial charge in [0.15, 0.2) is 0 Å². The number of ether oxygens (including phenoxy) is 1. The molecule has 3 rings (SSSR count). The van der Waals surface area contributed by atoms with E-state index in [1.54, 1.807) is 0 Å². The fourth-order valence-corrected chi connectivity index (χ4v) is 4.07. The predicted octanol–water partition coefficient (Wildman–Crippen LogP) is 2.94. The summed E-state index contributed by atoms with van der Waals surface area (Å²) >= 11 is 5.67. The molecule has 1 N–H and O–H groups in total. The highest BCUT2D eigenvalue weighted by atomic mass is 35.5. The Morgan fingerprint density at radius 2 is 1.78 bits per heavy atom. The third-order valence-corrected chi connectivity index (χ3v) is 5.61. The zero-order valence-corrected chi connectivity index (χ0v) is 15.6. The van der Waals surface area contributed by atoms with Crippen molar-refractivity contribution in [1.82, 2.24) is 0 Å². The number of amides is 2. The Morgan fingerprint density at radius 3 is 2.37 bits per heavy atom. The number of hydrogen-bond acceptors (Lipinski definition) is 5. The lowest BCUT2D eigenvalue weighted by molar-refractivity contribution is -0.121. The molecule has 0 bridgehead atoms. The molecule has 0 aliphatic carbocycles. The number of anilines is 2. The molecule has 1 fully saturated rings. The number of hydrogen-bond donors (Lipinski definition) is 1. The summed E-state index contributed by atoms with van der Waals surface area (Å²) in [6, 6.07) is 7.30. The Kier molecular flexibility index (Phi) is 5.07. The number of carbonyl (C=O) groups is 2. The van der Waals surface area contributed by atoms with Gasteiger partial charge in [0, 0.05) is 12.8 Å². The van der Waals surface area contributed by atoms with Crippen molar-refractivity contribution >= 4 is 44.8 Å². The maximum Gasteiger partial charge on any atom is 0.265 e. The van der Waals surface area contributed by atoms with Gasteiger partial charge in [0.1, 0.15) is 16.5 Å². The number of imide groups is 1. The van der Waals surface area contributed by atoms with Crippen LogP contribution in [0.3, 0.4) is 0 Å². The van der Waals surface area contributed by atoms with Crippen molar-refractivity contribution in [3.8, 4) is 5.75 Å². The highest BCUT2D eigenvalue weighted by molar-refractivity contribution is 7.92. The van der Waals surface area contributed by atoms with E-state index in [1.165, 1.54) is 31.4 Å². The van der Waals surface area contributed by atoms with E-state index in [0.29, 0.717) is 0 Å². The number of nitrogens with zero attached hydrogens (tertiary/aromatic N) is 1. The van der Waals surface area contributed by atoms with Crippen molar-refractivity contribution in [3.63, 3.8) is 0 Å². The van der Waals surface area contributed by atoms with E-state index in [2.05, 4.69) is 4.72 Å². The molecule has 0 spiro atoms. The molecule has 0 aromatic heterocycles. The minimum atomic E-state index is -4.18. The SMILES string of the molecule is COc1ccc(N2C(=O)CCC2=O)cc1S(=O)(=O)Nc1ccc(F)c(Cl)c1. The normalized spacial score (nSPS) is 14.6. The lowest BCUT2D eigenvalue weighted by atomic mass is 10.2. The number of benzene rings is 2. The zero-order valence-electron chi connectivity index (χ0n) is 14.0. The van der Waals surface area contributed by atoms with Gasteiger partial charge in [0.2, 0.25) is 11.8 Å². The molecule has 27 heavy (non-hydrogen) atoms. The van der Waals surface area contributed by atoms with Crippen molar-refractivity contribution in [2.45, 2.75) is 17.7 Å². The van der Waals surface area contributed by atoms with E-state index in [1.807, 2.05) is 0 Å². The van der Waals surface area contributed by atoms with Crippen LogP contribution in [0, 0.1) is 5.82 Å². The van der Waals surface area contributed by atoms with Crippen LogP contribution in [0.5, 0.6) is 5.75 Å². The van der Waals surface area contributed by atoms with Crippen LogP contribution in [0.2, 0.25) is 5.02 Å². The molecular formula is C17H14ClFN2O5S.